The van der Waals surface area contributed by atoms with Crippen LogP contribution < -0.4 is 5.73 Å². The third-order valence-corrected chi connectivity index (χ3v) is 6.86. The Morgan fingerprint density at radius 1 is 1.24 bits per heavy atom. The molecule has 29 heavy (non-hydrogen) atoms. The molecule has 1 fully saturated rings. The third-order valence-electron chi connectivity index (χ3n) is 5.29. The first-order chi connectivity index (χ1) is 13.3. The first-order valence-corrected chi connectivity index (χ1v) is 11.1. The van der Waals surface area contributed by atoms with Crippen molar-refractivity contribution < 1.29 is 13.2 Å². The number of sulfone groups is 1. The predicted molar refractivity (Wildman–Crippen MR) is 110 cm³/mol. The molecule has 1 unspecified atom stereocenters. The molecule has 1 aliphatic heterocycles. The summed E-state index contributed by atoms with van der Waals surface area (Å²) in [7, 11) is -3.57. The van der Waals surface area contributed by atoms with Crippen LogP contribution in [0.4, 0.5) is 0 Å². The summed E-state index contributed by atoms with van der Waals surface area (Å²) in [6, 6.07) is 6.62. The smallest absolute Gasteiger partial charge is 0.220 e. The summed E-state index contributed by atoms with van der Waals surface area (Å²) in [6.45, 7) is 5.31. The van der Waals surface area contributed by atoms with Gasteiger partial charge in [-0.1, -0.05) is 24.6 Å². The van der Waals surface area contributed by atoms with Gasteiger partial charge in [0.15, 0.2) is 21.5 Å². The summed E-state index contributed by atoms with van der Waals surface area (Å²) in [4.78, 5) is 13.8. The van der Waals surface area contributed by atoms with Gasteiger partial charge in [-0.2, -0.15) is 0 Å². The lowest BCUT2D eigenvalue weighted by atomic mass is 9.94. The van der Waals surface area contributed by atoms with Gasteiger partial charge in [-0.05, 0) is 61.8 Å². The average molecular weight is 443 g/mol. The number of halogens is 1. The van der Waals surface area contributed by atoms with Gasteiger partial charge in [0.25, 0.3) is 0 Å². The number of nitrogens with two attached hydrogens (primary N) is 1. The molecule has 1 aliphatic rings. The van der Waals surface area contributed by atoms with E-state index in [0.29, 0.717) is 31.8 Å². The fourth-order valence-corrected chi connectivity index (χ4v) is 4.83. The maximum Gasteiger partial charge on any atom is 0.220 e. The van der Waals surface area contributed by atoms with Crippen LogP contribution in [0.2, 0.25) is 0 Å². The molecule has 1 amide bonds. The number of tetrazole rings is 1. The summed E-state index contributed by atoms with van der Waals surface area (Å²) in [5.41, 5.74) is 6.41. The number of aryl methyl sites for hydroxylation is 1. The molecule has 0 bridgehead atoms. The van der Waals surface area contributed by atoms with Crippen molar-refractivity contribution in [3.63, 3.8) is 0 Å². The van der Waals surface area contributed by atoms with Gasteiger partial charge in [0.2, 0.25) is 5.91 Å². The Bertz CT molecular complexity index is 923. The van der Waals surface area contributed by atoms with Crippen LogP contribution in [-0.4, -0.2) is 52.5 Å². The largest absolute Gasteiger partial charge is 0.369 e. The van der Waals surface area contributed by atoms with Gasteiger partial charge in [-0.25, -0.2) is 13.1 Å². The van der Waals surface area contributed by atoms with Gasteiger partial charge in [0, 0.05) is 5.92 Å². The second-order valence-corrected chi connectivity index (χ2v) is 9.19. The fraction of sp³-hybridized carbons (Fsp3) is 0.556. The maximum atomic E-state index is 12.8. The van der Waals surface area contributed by atoms with E-state index < -0.39 is 9.84 Å². The second-order valence-electron chi connectivity index (χ2n) is 7.23. The lowest BCUT2D eigenvalue weighted by molar-refractivity contribution is -0.123. The number of piperidine rings is 1. The molecule has 0 spiro atoms. The van der Waals surface area contributed by atoms with Crippen molar-refractivity contribution >= 4 is 28.2 Å². The number of nitrogens with zero attached hydrogens (tertiary/aromatic N) is 5. The van der Waals surface area contributed by atoms with E-state index in [4.69, 9.17) is 5.73 Å². The molecule has 0 aliphatic carbocycles. The van der Waals surface area contributed by atoms with E-state index in [1.165, 1.54) is 4.68 Å². The van der Waals surface area contributed by atoms with Crippen LogP contribution in [0.1, 0.15) is 43.6 Å². The number of hydrogen-bond donors (Lipinski definition) is 1. The number of aromatic nitrogens is 4. The van der Waals surface area contributed by atoms with Crippen molar-refractivity contribution in [2.75, 3.05) is 13.1 Å². The van der Waals surface area contributed by atoms with Crippen LogP contribution in [0.3, 0.4) is 0 Å². The van der Waals surface area contributed by atoms with Gasteiger partial charge in [0.1, 0.15) is 0 Å². The Morgan fingerprint density at radius 3 is 2.41 bits per heavy atom. The molecule has 3 rings (SSSR count). The van der Waals surface area contributed by atoms with Crippen molar-refractivity contribution in [1.82, 2.24) is 25.1 Å². The lowest BCUT2D eigenvalue weighted by Crippen LogP contribution is -2.41. The van der Waals surface area contributed by atoms with Gasteiger partial charge < -0.3 is 5.73 Å². The monoisotopic (exact) mass is 442 g/mol. The number of likely N-dealkylation sites (tertiary alicyclic amines) is 1. The minimum Gasteiger partial charge on any atom is -0.369 e. The summed E-state index contributed by atoms with van der Waals surface area (Å²) >= 11 is 0. The summed E-state index contributed by atoms with van der Waals surface area (Å²) in [5.74, 6) is -0.156. The van der Waals surface area contributed by atoms with E-state index in [-0.39, 0.29) is 41.0 Å². The maximum absolute atomic E-state index is 12.8. The lowest BCUT2D eigenvalue weighted by Gasteiger charge is -2.35. The van der Waals surface area contributed by atoms with Crippen LogP contribution in [0.25, 0.3) is 0 Å². The Morgan fingerprint density at radius 2 is 1.86 bits per heavy atom. The van der Waals surface area contributed by atoms with E-state index in [1.807, 2.05) is 13.8 Å². The summed E-state index contributed by atoms with van der Waals surface area (Å²) in [6.07, 6.45) is 2.11. The highest BCUT2D eigenvalue weighted by molar-refractivity contribution is 7.90. The van der Waals surface area contributed by atoms with Crippen molar-refractivity contribution in [3.05, 3.63) is 35.7 Å². The average Bonchev–Trinajstić information content (AvgIpc) is 3.10. The molecule has 2 heterocycles. The minimum absolute atomic E-state index is 0. The highest BCUT2D eigenvalue weighted by Gasteiger charge is 2.31. The molecule has 1 aromatic carbocycles. The molecular formula is C18H27ClN6O3S. The molecular weight excluding hydrogens is 416 g/mol. The summed E-state index contributed by atoms with van der Waals surface area (Å²) < 4.78 is 26.9. The van der Waals surface area contributed by atoms with E-state index in [0.717, 1.165) is 12.0 Å². The van der Waals surface area contributed by atoms with E-state index in [9.17, 15) is 13.2 Å². The number of amides is 1. The SMILES string of the molecule is CCC(c1nnnn1CS(=O)(=O)c1ccc(C)cc1)N1CCC(C(N)=O)CC1.Cl. The molecule has 2 N–H and O–H groups in total. The minimum atomic E-state index is -3.57. The van der Waals surface area contributed by atoms with Crippen molar-refractivity contribution in [3.8, 4) is 0 Å². The number of hydrogen-bond acceptors (Lipinski definition) is 7. The number of carbonyl (C=O) groups is 1. The van der Waals surface area contributed by atoms with Gasteiger partial charge in [-0.15, -0.1) is 17.5 Å². The molecule has 0 radical (unpaired) electrons. The molecule has 1 saturated heterocycles. The topological polar surface area (TPSA) is 124 Å². The number of benzene rings is 1. The van der Waals surface area contributed by atoms with Crippen molar-refractivity contribution in [1.29, 1.82) is 0 Å². The van der Waals surface area contributed by atoms with Crippen molar-refractivity contribution in [2.24, 2.45) is 11.7 Å². The zero-order chi connectivity index (χ0) is 20.3. The normalized spacial score (nSPS) is 16.9. The Hall–Kier alpha value is -2.04. The third kappa shape index (κ3) is 5.31. The summed E-state index contributed by atoms with van der Waals surface area (Å²) in [5, 5.41) is 11.8. The molecule has 11 heteroatoms. The van der Waals surface area contributed by atoms with Crippen LogP contribution in [0.5, 0.6) is 0 Å². The number of carbonyl (C=O) groups excluding carboxylic acids is 1. The molecule has 9 nitrogen and oxygen atoms in total. The highest BCUT2D eigenvalue weighted by atomic mass is 35.5. The van der Waals surface area contributed by atoms with Gasteiger partial charge in [0.05, 0.1) is 10.9 Å². The first-order valence-electron chi connectivity index (χ1n) is 9.40. The van der Waals surface area contributed by atoms with Crippen LogP contribution in [0, 0.1) is 12.8 Å². The zero-order valence-electron chi connectivity index (χ0n) is 16.6. The first kappa shape index (κ1) is 23.2. The van der Waals surface area contributed by atoms with Gasteiger partial charge in [-0.3, -0.25) is 9.69 Å². The van der Waals surface area contributed by atoms with E-state index in [1.54, 1.807) is 24.3 Å². The molecule has 1 atom stereocenters. The number of primary amides is 1. The molecule has 0 saturated carbocycles. The quantitative estimate of drug-likeness (QED) is 0.688. The van der Waals surface area contributed by atoms with E-state index >= 15 is 0 Å². The van der Waals surface area contributed by atoms with Crippen LogP contribution in [-0.2, 0) is 20.5 Å². The van der Waals surface area contributed by atoms with Crippen LogP contribution >= 0.6 is 12.4 Å². The molecule has 160 valence electrons. The highest BCUT2D eigenvalue weighted by Crippen LogP contribution is 2.28. The second kappa shape index (κ2) is 9.64. The Balaban J connectivity index is 0.00000300. The Kier molecular flexibility index (Phi) is 7.73. The van der Waals surface area contributed by atoms with Gasteiger partial charge >= 0.3 is 0 Å². The predicted octanol–water partition coefficient (Wildman–Crippen LogP) is 1.48. The van der Waals surface area contributed by atoms with Crippen LogP contribution in [0.15, 0.2) is 29.2 Å². The molecule has 1 aromatic heterocycles. The fourth-order valence-electron chi connectivity index (χ4n) is 3.62. The van der Waals surface area contributed by atoms with E-state index in [2.05, 4.69) is 20.4 Å². The zero-order valence-corrected chi connectivity index (χ0v) is 18.2. The van der Waals surface area contributed by atoms with Crippen molar-refractivity contribution in [2.45, 2.75) is 49.9 Å². The molecule has 2 aromatic rings. The number of rotatable bonds is 7. The Labute approximate surface area is 177 Å². The standard InChI is InChI=1S/C18H26N6O3S.ClH/c1-3-16(23-10-8-14(9-11-23)17(19)25)18-20-21-22-24(18)12-28(26,27)15-6-4-13(2)5-7-15;/h4-7,14,16H,3,8-12H2,1-2H3,(H2,19,25);1H.